The monoisotopic (exact) mass is 279 g/mol. The van der Waals surface area contributed by atoms with Crippen LogP contribution in [0.5, 0.6) is 5.75 Å². The number of hydrogen-bond acceptors (Lipinski definition) is 3. The number of rotatable bonds is 6. The molecule has 1 aromatic rings. The van der Waals surface area contributed by atoms with Crippen LogP contribution in [0.25, 0.3) is 0 Å². The van der Waals surface area contributed by atoms with Crippen LogP contribution in [0.15, 0.2) is 24.3 Å². The normalized spacial score (nSPS) is 13.4. The molecule has 0 bridgehead atoms. The van der Waals surface area contributed by atoms with Crippen molar-refractivity contribution in [3.8, 4) is 5.75 Å². The van der Waals surface area contributed by atoms with Crippen LogP contribution in [-0.2, 0) is 6.42 Å². The Hall–Kier alpha value is -0.880. The molecule has 2 nitrogen and oxygen atoms in total. The summed E-state index contributed by atoms with van der Waals surface area (Å²) in [6.07, 6.45) is 0.838. The number of nitrogens with two attached hydrogens (primary N) is 1. The molecule has 0 aliphatic heterocycles. The van der Waals surface area contributed by atoms with E-state index in [2.05, 4.69) is 0 Å². The van der Waals surface area contributed by atoms with Crippen molar-refractivity contribution in [2.24, 2.45) is 5.73 Å². The summed E-state index contributed by atoms with van der Waals surface area (Å²) in [6.45, 7) is 0. The predicted molar refractivity (Wildman–Crippen MR) is 67.8 cm³/mol. The molecule has 0 saturated carbocycles. The van der Waals surface area contributed by atoms with Crippen LogP contribution in [0, 0.1) is 0 Å². The van der Waals surface area contributed by atoms with Crippen molar-refractivity contribution in [3.05, 3.63) is 29.8 Å². The molecule has 2 N–H and O–H groups in total. The molecule has 1 rings (SSSR count). The lowest BCUT2D eigenvalue weighted by Gasteiger charge is -2.14. The van der Waals surface area contributed by atoms with Crippen molar-refractivity contribution in [1.82, 2.24) is 0 Å². The third-order valence-corrected chi connectivity index (χ3v) is 3.20. The van der Waals surface area contributed by atoms with Crippen LogP contribution in [0.2, 0.25) is 0 Å². The molecule has 0 radical (unpaired) electrons. The molecule has 1 atom stereocenters. The van der Waals surface area contributed by atoms with Gasteiger partial charge >= 0.3 is 5.51 Å². The molecule has 0 saturated heterocycles. The van der Waals surface area contributed by atoms with Gasteiger partial charge in [0.2, 0.25) is 0 Å². The highest BCUT2D eigenvalue weighted by Gasteiger charge is 2.27. The van der Waals surface area contributed by atoms with E-state index in [-0.39, 0.29) is 23.6 Å². The van der Waals surface area contributed by atoms with Gasteiger partial charge in [0, 0.05) is 11.8 Å². The highest BCUT2D eigenvalue weighted by Crippen LogP contribution is 2.31. The van der Waals surface area contributed by atoms with Crippen LogP contribution in [0.4, 0.5) is 13.2 Å². The van der Waals surface area contributed by atoms with E-state index in [9.17, 15) is 13.2 Å². The largest absolute Gasteiger partial charge is 0.496 e. The summed E-state index contributed by atoms with van der Waals surface area (Å²) in [7, 11) is 1.56. The predicted octanol–water partition coefficient (Wildman–Crippen LogP) is 3.21. The number of para-hydroxylation sites is 1. The summed E-state index contributed by atoms with van der Waals surface area (Å²) in [6, 6.07) is 7.08. The minimum atomic E-state index is -4.18. The number of benzene rings is 1. The number of alkyl halides is 3. The minimum Gasteiger partial charge on any atom is -0.496 e. The molecular formula is C12H16F3NOS. The van der Waals surface area contributed by atoms with Gasteiger partial charge in [0.15, 0.2) is 0 Å². The zero-order valence-electron chi connectivity index (χ0n) is 10.0. The Labute approximate surface area is 109 Å². The first-order valence-electron chi connectivity index (χ1n) is 5.50. The van der Waals surface area contributed by atoms with Crippen molar-refractivity contribution >= 4 is 11.8 Å². The third-order valence-electron chi connectivity index (χ3n) is 2.43. The number of methoxy groups -OCH3 is 1. The van der Waals surface area contributed by atoms with Crippen molar-refractivity contribution in [3.63, 3.8) is 0 Å². The van der Waals surface area contributed by atoms with Gasteiger partial charge in [-0.15, -0.1) is 0 Å². The van der Waals surface area contributed by atoms with E-state index < -0.39 is 5.51 Å². The molecule has 0 spiro atoms. The van der Waals surface area contributed by atoms with Crippen LogP contribution in [0.1, 0.15) is 12.0 Å². The molecule has 18 heavy (non-hydrogen) atoms. The van der Waals surface area contributed by atoms with Gasteiger partial charge in [0.1, 0.15) is 5.75 Å². The number of ether oxygens (including phenoxy) is 1. The van der Waals surface area contributed by atoms with E-state index in [1.807, 2.05) is 24.3 Å². The first kappa shape index (κ1) is 15.2. The van der Waals surface area contributed by atoms with Crippen molar-refractivity contribution < 1.29 is 17.9 Å². The zero-order chi connectivity index (χ0) is 13.6. The maximum absolute atomic E-state index is 12.0. The average molecular weight is 279 g/mol. The van der Waals surface area contributed by atoms with E-state index in [4.69, 9.17) is 10.5 Å². The summed E-state index contributed by atoms with van der Waals surface area (Å²) in [5.41, 5.74) is 2.57. The lowest BCUT2D eigenvalue weighted by molar-refractivity contribution is -0.0328. The van der Waals surface area contributed by atoms with Crippen molar-refractivity contribution in [1.29, 1.82) is 0 Å². The average Bonchev–Trinajstić information content (AvgIpc) is 2.28. The Balaban J connectivity index is 2.42. The second-order valence-electron chi connectivity index (χ2n) is 3.86. The van der Waals surface area contributed by atoms with Crippen LogP contribution < -0.4 is 10.5 Å². The molecule has 102 valence electrons. The van der Waals surface area contributed by atoms with Crippen molar-refractivity contribution in [2.45, 2.75) is 24.4 Å². The molecule has 6 heteroatoms. The fraction of sp³-hybridized carbons (Fsp3) is 0.500. The van der Waals surface area contributed by atoms with E-state index in [1.165, 1.54) is 0 Å². The topological polar surface area (TPSA) is 35.2 Å². The van der Waals surface area contributed by atoms with Gasteiger partial charge < -0.3 is 10.5 Å². The molecule has 0 aromatic heterocycles. The van der Waals surface area contributed by atoms with Gasteiger partial charge in [0.05, 0.1) is 7.11 Å². The first-order chi connectivity index (χ1) is 8.42. The minimum absolute atomic E-state index is 0.0141. The highest BCUT2D eigenvalue weighted by atomic mass is 32.2. The quantitative estimate of drug-likeness (QED) is 0.868. The molecule has 0 aliphatic rings. The molecular weight excluding hydrogens is 263 g/mol. The summed E-state index contributed by atoms with van der Waals surface area (Å²) >= 11 is -0.0288. The van der Waals surface area contributed by atoms with Gasteiger partial charge in [0.25, 0.3) is 0 Å². The molecule has 0 aliphatic carbocycles. The van der Waals surface area contributed by atoms with Gasteiger partial charge in [-0.3, -0.25) is 0 Å². The lowest BCUT2D eigenvalue weighted by atomic mass is 10.0. The summed E-state index contributed by atoms with van der Waals surface area (Å²) in [5, 5.41) is 0. The van der Waals surface area contributed by atoms with Gasteiger partial charge in [-0.2, -0.15) is 13.2 Å². The molecule has 1 unspecified atom stereocenters. The maximum Gasteiger partial charge on any atom is 0.441 e. The van der Waals surface area contributed by atoms with E-state index in [0.29, 0.717) is 12.8 Å². The van der Waals surface area contributed by atoms with Gasteiger partial charge in [-0.1, -0.05) is 30.0 Å². The maximum atomic E-state index is 12.0. The smallest absolute Gasteiger partial charge is 0.441 e. The zero-order valence-corrected chi connectivity index (χ0v) is 10.9. The number of halogens is 3. The molecule has 0 heterocycles. The molecule has 0 fully saturated rings. The van der Waals surface area contributed by atoms with E-state index in [1.54, 1.807) is 7.11 Å². The van der Waals surface area contributed by atoms with Crippen molar-refractivity contribution in [2.75, 3.05) is 12.9 Å². The Morgan fingerprint density at radius 3 is 2.61 bits per heavy atom. The summed E-state index contributed by atoms with van der Waals surface area (Å²) in [5.74, 6) is 0.705. The van der Waals surface area contributed by atoms with Gasteiger partial charge in [-0.25, -0.2) is 0 Å². The number of hydrogen-bond donors (Lipinski definition) is 1. The Bertz CT molecular complexity index is 371. The second-order valence-corrected chi connectivity index (χ2v) is 5.02. The summed E-state index contributed by atoms with van der Waals surface area (Å²) < 4.78 is 41.0. The Morgan fingerprint density at radius 1 is 1.33 bits per heavy atom. The van der Waals surface area contributed by atoms with Crippen LogP contribution in [-0.4, -0.2) is 24.4 Å². The first-order valence-corrected chi connectivity index (χ1v) is 6.49. The third kappa shape index (κ3) is 5.64. The molecule has 0 amide bonds. The molecule has 1 aromatic carbocycles. The lowest BCUT2D eigenvalue weighted by Crippen LogP contribution is -2.24. The second kappa shape index (κ2) is 6.89. The Morgan fingerprint density at radius 2 is 2.00 bits per heavy atom. The van der Waals surface area contributed by atoms with Gasteiger partial charge in [-0.05, 0) is 24.5 Å². The van der Waals surface area contributed by atoms with Crippen LogP contribution in [0.3, 0.4) is 0 Å². The van der Waals surface area contributed by atoms with Crippen LogP contribution >= 0.6 is 11.8 Å². The summed E-state index contributed by atoms with van der Waals surface area (Å²) in [4.78, 5) is 0. The Kier molecular flexibility index (Phi) is 5.81. The number of thioether (sulfide) groups is 1. The fourth-order valence-corrected chi connectivity index (χ4v) is 2.23. The fourth-order valence-electron chi connectivity index (χ4n) is 1.58. The van der Waals surface area contributed by atoms with E-state index in [0.717, 1.165) is 11.3 Å². The van der Waals surface area contributed by atoms with E-state index >= 15 is 0 Å². The highest BCUT2D eigenvalue weighted by molar-refractivity contribution is 8.00. The SMILES string of the molecule is COc1ccccc1CC(N)CCSC(F)(F)F. The standard InChI is InChI=1S/C12H16F3NOS/c1-17-11-5-3-2-4-9(11)8-10(16)6-7-18-12(13,14)15/h2-5,10H,6-8,16H2,1H3.